The number of aliphatic imine (C=N–C) groups is 1. The average Bonchev–Trinajstić information content (AvgIpc) is 2.93. The highest BCUT2D eigenvalue weighted by Gasteiger charge is 2.11. The third kappa shape index (κ3) is 1.61. The van der Waals surface area contributed by atoms with Crippen LogP contribution < -0.4 is 5.32 Å². The second-order valence-electron chi connectivity index (χ2n) is 3.78. The highest BCUT2D eigenvalue weighted by molar-refractivity contribution is 9.10. The van der Waals surface area contributed by atoms with Crippen molar-refractivity contribution in [1.82, 2.24) is 9.97 Å². The summed E-state index contributed by atoms with van der Waals surface area (Å²) in [6.07, 6.45) is 5.88. The normalized spacial score (nSPS) is 15.4. The van der Waals surface area contributed by atoms with E-state index >= 15 is 0 Å². The molecule has 0 spiro atoms. The van der Waals surface area contributed by atoms with E-state index in [0.29, 0.717) is 0 Å². The van der Waals surface area contributed by atoms with E-state index in [-0.39, 0.29) is 0 Å². The van der Waals surface area contributed by atoms with Crippen molar-refractivity contribution in [2.45, 2.75) is 12.8 Å². The van der Waals surface area contributed by atoms with E-state index in [9.17, 15) is 0 Å². The molecule has 82 valence electrons. The first-order valence-corrected chi connectivity index (χ1v) is 6.06. The number of nitrogens with zero attached hydrogens (tertiary/aromatic N) is 2. The highest BCUT2D eigenvalue weighted by atomic mass is 79.9. The van der Waals surface area contributed by atoms with Gasteiger partial charge in [-0.2, -0.15) is 0 Å². The third-order valence-corrected chi connectivity index (χ3v) is 3.53. The molecule has 4 nitrogen and oxygen atoms in total. The SMILES string of the molecule is Brc1c(NC2=NCCC2)cnc2[nH]ccc12. The minimum absolute atomic E-state index is 0.894. The molecule has 16 heavy (non-hydrogen) atoms. The third-order valence-electron chi connectivity index (χ3n) is 2.67. The summed E-state index contributed by atoms with van der Waals surface area (Å²) in [4.78, 5) is 11.8. The molecule has 0 saturated carbocycles. The maximum absolute atomic E-state index is 4.39. The van der Waals surface area contributed by atoms with Crippen molar-refractivity contribution >= 4 is 38.5 Å². The lowest BCUT2D eigenvalue weighted by atomic mass is 10.3. The van der Waals surface area contributed by atoms with Crippen LogP contribution >= 0.6 is 15.9 Å². The molecule has 0 radical (unpaired) electrons. The Kier molecular flexibility index (Phi) is 2.40. The fourth-order valence-electron chi connectivity index (χ4n) is 1.86. The zero-order valence-corrected chi connectivity index (χ0v) is 10.2. The second kappa shape index (κ2) is 3.90. The number of rotatable bonds is 1. The average molecular weight is 279 g/mol. The van der Waals surface area contributed by atoms with Crippen molar-refractivity contribution in [3.8, 4) is 0 Å². The van der Waals surface area contributed by atoms with Gasteiger partial charge in [0.2, 0.25) is 0 Å². The van der Waals surface area contributed by atoms with Crippen LogP contribution in [-0.4, -0.2) is 22.3 Å². The smallest absolute Gasteiger partial charge is 0.138 e. The Morgan fingerprint density at radius 1 is 1.44 bits per heavy atom. The molecule has 1 aliphatic heterocycles. The quantitative estimate of drug-likeness (QED) is 0.843. The summed E-state index contributed by atoms with van der Waals surface area (Å²) in [5.41, 5.74) is 1.87. The lowest BCUT2D eigenvalue weighted by Gasteiger charge is -2.07. The van der Waals surface area contributed by atoms with Crippen molar-refractivity contribution in [1.29, 1.82) is 0 Å². The molecule has 0 bridgehead atoms. The summed E-state index contributed by atoms with van der Waals surface area (Å²) >= 11 is 3.59. The molecule has 0 aromatic carbocycles. The van der Waals surface area contributed by atoms with E-state index < -0.39 is 0 Å². The van der Waals surface area contributed by atoms with Crippen molar-refractivity contribution in [3.63, 3.8) is 0 Å². The van der Waals surface area contributed by atoms with Crippen LogP contribution in [0.3, 0.4) is 0 Å². The standard InChI is InChI=1S/C11H11BrN4/c12-10-7-3-5-14-11(7)15-6-8(10)16-9-2-1-4-13-9/h3,5-6H,1-2,4H2,(H,13,16)(H,14,15). The van der Waals surface area contributed by atoms with E-state index in [1.807, 2.05) is 18.5 Å². The van der Waals surface area contributed by atoms with Gasteiger partial charge in [0.05, 0.1) is 16.4 Å². The minimum Gasteiger partial charge on any atom is -0.346 e. The molecular weight excluding hydrogens is 268 g/mol. The first-order valence-electron chi connectivity index (χ1n) is 5.26. The topological polar surface area (TPSA) is 53.1 Å². The van der Waals surface area contributed by atoms with Crippen LogP contribution in [0.15, 0.2) is 27.9 Å². The van der Waals surface area contributed by atoms with E-state index in [1.165, 1.54) is 0 Å². The van der Waals surface area contributed by atoms with Gasteiger partial charge in [-0.25, -0.2) is 4.98 Å². The summed E-state index contributed by atoms with van der Waals surface area (Å²) in [5, 5.41) is 4.40. The van der Waals surface area contributed by atoms with E-state index in [4.69, 9.17) is 0 Å². The molecule has 0 amide bonds. The number of halogens is 1. The number of aromatic nitrogens is 2. The van der Waals surface area contributed by atoms with Gasteiger partial charge in [0.25, 0.3) is 0 Å². The molecule has 0 aliphatic carbocycles. The van der Waals surface area contributed by atoms with Gasteiger partial charge in [0.15, 0.2) is 0 Å². The molecule has 0 saturated heterocycles. The lowest BCUT2D eigenvalue weighted by Crippen LogP contribution is -2.09. The maximum atomic E-state index is 4.39. The summed E-state index contributed by atoms with van der Waals surface area (Å²) in [5.74, 6) is 1.05. The molecular formula is C11H11BrN4. The Morgan fingerprint density at radius 2 is 2.38 bits per heavy atom. The molecule has 3 rings (SSSR count). The number of hydrogen-bond donors (Lipinski definition) is 2. The Bertz CT molecular complexity index is 558. The highest BCUT2D eigenvalue weighted by Crippen LogP contribution is 2.29. The molecule has 1 aliphatic rings. The maximum Gasteiger partial charge on any atom is 0.138 e. The molecule has 0 fully saturated rings. The first-order chi connectivity index (χ1) is 7.84. The Morgan fingerprint density at radius 3 is 3.19 bits per heavy atom. The van der Waals surface area contributed by atoms with Crippen LogP contribution in [0.4, 0.5) is 5.69 Å². The van der Waals surface area contributed by atoms with Crippen molar-refractivity contribution < 1.29 is 0 Å². The predicted molar refractivity (Wildman–Crippen MR) is 69.0 cm³/mol. The van der Waals surface area contributed by atoms with E-state index in [0.717, 1.165) is 46.4 Å². The number of amidine groups is 1. The number of fused-ring (bicyclic) bond motifs is 1. The van der Waals surface area contributed by atoms with Gasteiger partial charge in [0.1, 0.15) is 11.5 Å². The number of aromatic amines is 1. The summed E-state index contributed by atoms with van der Waals surface area (Å²) < 4.78 is 1.04. The molecule has 0 unspecified atom stereocenters. The monoisotopic (exact) mass is 278 g/mol. The largest absolute Gasteiger partial charge is 0.346 e. The number of hydrogen-bond acceptors (Lipinski definition) is 3. The molecule has 2 aromatic rings. The fraction of sp³-hybridized carbons (Fsp3) is 0.273. The van der Waals surface area contributed by atoms with E-state index in [1.54, 1.807) is 0 Å². The summed E-state index contributed by atoms with van der Waals surface area (Å²) in [7, 11) is 0. The van der Waals surface area contributed by atoms with Crippen LogP contribution in [0, 0.1) is 0 Å². The van der Waals surface area contributed by atoms with Gasteiger partial charge in [-0.05, 0) is 28.4 Å². The van der Waals surface area contributed by atoms with Gasteiger partial charge in [-0.3, -0.25) is 4.99 Å². The number of anilines is 1. The van der Waals surface area contributed by atoms with Gasteiger partial charge < -0.3 is 10.3 Å². The van der Waals surface area contributed by atoms with Crippen LogP contribution in [-0.2, 0) is 0 Å². The van der Waals surface area contributed by atoms with Gasteiger partial charge in [-0.1, -0.05) is 0 Å². The Balaban J connectivity index is 1.99. The zero-order chi connectivity index (χ0) is 11.0. The molecule has 2 aromatic heterocycles. The van der Waals surface area contributed by atoms with Gasteiger partial charge in [-0.15, -0.1) is 0 Å². The van der Waals surface area contributed by atoms with Crippen LogP contribution in [0.2, 0.25) is 0 Å². The number of pyridine rings is 1. The Labute approximate surface area is 101 Å². The summed E-state index contributed by atoms with van der Waals surface area (Å²) in [6, 6.07) is 2.01. The van der Waals surface area contributed by atoms with Crippen molar-refractivity contribution in [2.24, 2.45) is 4.99 Å². The van der Waals surface area contributed by atoms with E-state index in [2.05, 4.69) is 36.2 Å². The predicted octanol–water partition coefficient (Wildman–Crippen LogP) is 2.93. The Hall–Kier alpha value is -1.36. The van der Waals surface area contributed by atoms with Crippen LogP contribution in [0.1, 0.15) is 12.8 Å². The van der Waals surface area contributed by atoms with Crippen LogP contribution in [0.5, 0.6) is 0 Å². The minimum atomic E-state index is 0.894. The van der Waals surface area contributed by atoms with Crippen molar-refractivity contribution in [2.75, 3.05) is 11.9 Å². The molecule has 5 heteroatoms. The second-order valence-corrected chi connectivity index (χ2v) is 4.58. The first kappa shape index (κ1) is 9.84. The lowest BCUT2D eigenvalue weighted by molar-refractivity contribution is 0.951. The zero-order valence-electron chi connectivity index (χ0n) is 8.63. The van der Waals surface area contributed by atoms with Gasteiger partial charge in [0, 0.05) is 24.5 Å². The number of nitrogens with one attached hydrogen (secondary N) is 2. The van der Waals surface area contributed by atoms with Gasteiger partial charge >= 0.3 is 0 Å². The number of H-pyrrole nitrogens is 1. The molecule has 2 N–H and O–H groups in total. The molecule has 3 heterocycles. The molecule has 0 atom stereocenters. The summed E-state index contributed by atoms with van der Waals surface area (Å²) in [6.45, 7) is 0.930. The van der Waals surface area contributed by atoms with Crippen molar-refractivity contribution in [3.05, 3.63) is 22.9 Å². The fourth-order valence-corrected chi connectivity index (χ4v) is 2.38. The van der Waals surface area contributed by atoms with Crippen LogP contribution in [0.25, 0.3) is 11.0 Å².